The molecule has 0 fully saturated rings. The Morgan fingerprint density at radius 3 is 1.50 bits per heavy atom. The molecule has 0 aliphatic carbocycles. The quantitative estimate of drug-likeness (QED) is 0.649. The fraction of sp³-hybridized carbons (Fsp3) is 1.00. The molecule has 0 aliphatic heterocycles. The highest BCUT2D eigenvalue weighted by Crippen LogP contribution is 2.14. The lowest BCUT2D eigenvalue weighted by atomic mass is 10.8. The van der Waals surface area contributed by atoms with Gasteiger partial charge in [-0.15, -0.1) is 0 Å². The summed E-state index contributed by atoms with van der Waals surface area (Å²) in [5.41, 5.74) is 0. The van der Waals surface area contributed by atoms with Crippen molar-refractivity contribution >= 4 is 15.3 Å². The Morgan fingerprint density at radius 1 is 1.00 bits per heavy atom. The third kappa shape index (κ3) is 2.56. The number of rotatable bonds is 3. The van der Waals surface area contributed by atoms with Crippen molar-refractivity contribution in [1.29, 1.82) is 0 Å². The van der Waals surface area contributed by atoms with Crippen molar-refractivity contribution in [2.45, 2.75) is 39.7 Å². The second-order valence-electron chi connectivity index (χ2n) is 4.41. The molecule has 0 unspecified atom stereocenters. The van der Waals surface area contributed by atoms with E-state index < -0.39 is 15.3 Å². The van der Waals surface area contributed by atoms with Crippen LogP contribution in [0.25, 0.3) is 0 Å². The molecule has 3 heteroatoms. The first-order chi connectivity index (χ1) is 4.31. The first-order valence-electron chi connectivity index (χ1n) is 4.06. The van der Waals surface area contributed by atoms with Crippen LogP contribution in [0.3, 0.4) is 0 Å². The molecular formula is C7H21NSi2. The summed E-state index contributed by atoms with van der Waals surface area (Å²) in [4.78, 5) is 3.66. The first-order valence-corrected chi connectivity index (χ1v) is 11.6. The van der Waals surface area contributed by atoms with Crippen molar-refractivity contribution in [3.05, 3.63) is 0 Å². The van der Waals surface area contributed by atoms with Crippen LogP contribution in [-0.2, 0) is 0 Å². The average molecular weight is 175 g/mol. The molecule has 0 saturated heterocycles. The molecule has 1 nitrogen and oxygen atoms in total. The van der Waals surface area contributed by atoms with E-state index in [0.29, 0.717) is 0 Å². The first kappa shape index (κ1) is 10.4. The Bertz CT molecular complexity index is 105. The number of hydrogen-bond acceptors (Lipinski definition) is 1. The molecule has 0 radical (unpaired) electrons. The van der Waals surface area contributed by atoms with Gasteiger partial charge in [0.25, 0.3) is 0 Å². The van der Waals surface area contributed by atoms with E-state index in [9.17, 15) is 0 Å². The van der Waals surface area contributed by atoms with Crippen molar-refractivity contribution < 1.29 is 0 Å². The zero-order valence-electron chi connectivity index (χ0n) is 8.21. The Balaban J connectivity index is 4.10. The van der Waals surface area contributed by atoms with Crippen molar-refractivity contribution in [2.75, 3.05) is 6.54 Å². The minimum Gasteiger partial charge on any atom is -0.340 e. The lowest BCUT2D eigenvalue weighted by Gasteiger charge is -2.35. The molecule has 0 aliphatic rings. The molecule has 0 amide bonds. The van der Waals surface area contributed by atoms with Crippen LogP contribution in [0.1, 0.15) is 6.92 Å². The van der Waals surface area contributed by atoms with Crippen LogP contribution in [0.4, 0.5) is 0 Å². The van der Waals surface area contributed by atoms with Crippen molar-refractivity contribution in [1.82, 2.24) is 4.98 Å². The Labute approximate surface area is 67.1 Å². The molecule has 0 saturated carbocycles. The molecule has 0 spiro atoms. The zero-order valence-corrected chi connectivity index (χ0v) is 10.2. The highest BCUT2D eigenvalue weighted by molar-refractivity contribution is 7.39. The second kappa shape index (κ2) is 3.19. The second-order valence-corrected chi connectivity index (χ2v) is 20.8. The van der Waals surface area contributed by atoms with E-state index in [1.807, 2.05) is 0 Å². The Hall–Kier alpha value is 0.394. The smallest absolute Gasteiger partial charge is 0.108 e. The van der Waals surface area contributed by atoms with Gasteiger partial charge in [-0.1, -0.05) is 39.7 Å². The lowest BCUT2D eigenvalue weighted by Crippen LogP contribution is -2.62. The van der Waals surface area contributed by atoms with Gasteiger partial charge in [-0.05, 0) is 6.54 Å². The maximum Gasteiger partial charge on any atom is 0.108 e. The van der Waals surface area contributed by atoms with E-state index in [-0.39, 0.29) is 0 Å². The van der Waals surface area contributed by atoms with Crippen molar-refractivity contribution in [3.8, 4) is 0 Å². The van der Waals surface area contributed by atoms with Gasteiger partial charge in [-0.2, -0.15) is 0 Å². The van der Waals surface area contributed by atoms with Gasteiger partial charge in [0, 0.05) is 0 Å². The third-order valence-corrected chi connectivity index (χ3v) is 19.3. The summed E-state index contributed by atoms with van der Waals surface area (Å²) in [5.74, 6) is 0. The van der Waals surface area contributed by atoms with Gasteiger partial charge in [0.1, 0.15) is 7.75 Å². The third-order valence-electron chi connectivity index (χ3n) is 2.49. The SMILES string of the molecule is CCN[Si](C)(C)[Si](C)(C)C. The molecule has 0 bridgehead atoms. The summed E-state index contributed by atoms with van der Waals surface area (Å²) < 4.78 is 0. The molecule has 10 heavy (non-hydrogen) atoms. The van der Waals surface area contributed by atoms with E-state index >= 15 is 0 Å². The van der Waals surface area contributed by atoms with Crippen LogP contribution < -0.4 is 4.98 Å². The predicted octanol–water partition coefficient (Wildman–Crippen LogP) is 2.22. The summed E-state index contributed by atoms with van der Waals surface area (Å²) in [7, 11) is -1.89. The van der Waals surface area contributed by atoms with Crippen molar-refractivity contribution in [3.63, 3.8) is 0 Å². The van der Waals surface area contributed by atoms with E-state index in [0.717, 1.165) is 6.54 Å². The topological polar surface area (TPSA) is 12.0 Å². The van der Waals surface area contributed by atoms with E-state index in [1.165, 1.54) is 0 Å². The van der Waals surface area contributed by atoms with Crippen LogP contribution in [0, 0.1) is 0 Å². The van der Waals surface area contributed by atoms with Crippen LogP contribution in [-0.4, -0.2) is 21.9 Å². The maximum absolute atomic E-state index is 3.66. The normalized spacial score (nSPS) is 13.8. The fourth-order valence-electron chi connectivity index (χ4n) is 0.707. The predicted molar refractivity (Wildman–Crippen MR) is 54.5 cm³/mol. The van der Waals surface area contributed by atoms with Gasteiger partial charge in [-0.25, -0.2) is 0 Å². The van der Waals surface area contributed by atoms with E-state index in [4.69, 9.17) is 0 Å². The standard InChI is InChI=1S/C7H21NSi2/c1-7-8-10(5,6)9(2,3)4/h8H,7H2,1-6H3. The van der Waals surface area contributed by atoms with Gasteiger partial charge >= 0.3 is 0 Å². The van der Waals surface area contributed by atoms with Gasteiger partial charge in [0.05, 0.1) is 7.59 Å². The Morgan fingerprint density at radius 2 is 1.40 bits per heavy atom. The monoisotopic (exact) mass is 175 g/mol. The highest BCUT2D eigenvalue weighted by Gasteiger charge is 2.35. The molecule has 0 rings (SSSR count). The average Bonchev–Trinajstić information content (AvgIpc) is 1.61. The molecule has 0 aromatic heterocycles. The zero-order chi connectivity index (χ0) is 8.41. The minimum absolute atomic E-state index is 0.878. The molecule has 0 aromatic rings. The molecular weight excluding hydrogens is 154 g/mol. The summed E-state index contributed by atoms with van der Waals surface area (Å²) in [6.45, 7) is 15.6. The van der Waals surface area contributed by atoms with Gasteiger partial charge in [0.2, 0.25) is 0 Å². The molecule has 62 valence electrons. The molecule has 0 heterocycles. The minimum atomic E-state index is -1.02. The van der Waals surface area contributed by atoms with Gasteiger partial charge < -0.3 is 4.98 Å². The van der Waals surface area contributed by atoms with Crippen LogP contribution in [0.15, 0.2) is 0 Å². The number of nitrogens with one attached hydrogen (secondary N) is 1. The summed E-state index contributed by atoms with van der Waals surface area (Å²) in [5, 5.41) is 0. The summed E-state index contributed by atoms with van der Waals surface area (Å²) in [6, 6.07) is 0. The fourth-order valence-corrected chi connectivity index (χ4v) is 4.24. The maximum atomic E-state index is 3.66. The summed E-state index contributed by atoms with van der Waals surface area (Å²) >= 11 is 0. The molecule has 1 N–H and O–H groups in total. The highest BCUT2D eigenvalue weighted by atomic mass is 29.3. The van der Waals surface area contributed by atoms with Crippen molar-refractivity contribution in [2.24, 2.45) is 0 Å². The van der Waals surface area contributed by atoms with Crippen LogP contribution in [0.5, 0.6) is 0 Å². The van der Waals surface area contributed by atoms with Gasteiger partial charge in [0.15, 0.2) is 0 Å². The summed E-state index contributed by atoms with van der Waals surface area (Å²) in [6.07, 6.45) is 0. The molecule has 0 atom stereocenters. The van der Waals surface area contributed by atoms with Gasteiger partial charge in [-0.3, -0.25) is 0 Å². The largest absolute Gasteiger partial charge is 0.340 e. The van der Waals surface area contributed by atoms with Crippen LogP contribution >= 0.6 is 0 Å². The van der Waals surface area contributed by atoms with E-state index in [1.54, 1.807) is 0 Å². The lowest BCUT2D eigenvalue weighted by molar-refractivity contribution is 0.977. The van der Waals surface area contributed by atoms with E-state index in [2.05, 4.69) is 44.6 Å². The number of hydrogen-bond donors (Lipinski definition) is 1. The Kier molecular flexibility index (Phi) is 3.32. The molecule has 0 aromatic carbocycles. The van der Waals surface area contributed by atoms with Crippen LogP contribution in [0.2, 0.25) is 32.7 Å².